The second-order valence-corrected chi connectivity index (χ2v) is 2.62. The summed E-state index contributed by atoms with van der Waals surface area (Å²) in [5.74, 6) is 0.00185. The lowest BCUT2D eigenvalue weighted by Gasteiger charge is -2.10. The van der Waals surface area contributed by atoms with Gasteiger partial charge >= 0.3 is 0 Å². The highest BCUT2D eigenvalue weighted by molar-refractivity contribution is 5.64. The lowest BCUT2D eigenvalue weighted by molar-refractivity contribution is -0.306. The lowest BCUT2D eigenvalue weighted by Crippen LogP contribution is -2.24. The highest BCUT2D eigenvalue weighted by Gasteiger charge is 2.01. The number of hydrogen-bond acceptors (Lipinski definition) is 4. The SMILES string of the molecule is COc1ccccc1OCCC(=O)[O-]. The summed E-state index contributed by atoms with van der Waals surface area (Å²) in [5.41, 5.74) is 0. The Morgan fingerprint density at radius 1 is 1.36 bits per heavy atom. The van der Waals surface area contributed by atoms with E-state index in [4.69, 9.17) is 9.47 Å². The molecule has 0 spiro atoms. The Morgan fingerprint density at radius 3 is 2.57 bits per heavy atom. The number of carbonyl (C=O) groups is 1. The van der Waals surface area contributed by atoms with Crippen molar-refractivity contribution in [2.75, 3.05) is 13.7 Å². The molecule has 0 unspecified atom stereocenters. The molecule has 0 N–H and O–H groups in total. The molecule has 0 bridgehead atoms. The van der Waals surface area contributed by atoms with Crippen LogP contribution in [0, 0.1) is 0 Å². The van der Waals surface area contributed by atoms with Gasteiger partial charge in [0.15, 0.2) is 11.5 Å². The highest BCUT2D eigenvalue weighted by Crippen LogP contribution is 2.25. The Bertz CT molecular complexity index is 309. The maximum atomic E-state index is 10.1. The van der Waals surface area contributed by atoms with E-state index in [1.165, 1.54) is 7.11 Å². The van der Waals surface area contributed by atoms with Crippen molar-refractivity contribution in [1.29, 1.82) is 0 Å². The third-order valence-corrected chi connectivity index (χ3v) is 1.63. The predicted molar refractivity (Wildman–Crippen MR) is 48.1 cm³/mol. The van der Waals surface area contributed by atoms with E-state index in [-0.39, 0.29) is 13.0 Å². The molecular formula is C10H11O4-. The van der Waals surface area contributed by atoms with E-state index >= 15 is 0 Å². The standard InChI is InChI=1S/C10H12O4/c1-13-8-4-2-3-5-9(8)14-7-6-10(11)12/h2-5H,6-7H2,1H3,(H,11,12)/p-1. The van der Waals surface area contributed by atoms with Crippen molar-refractivity contribution in [2.45, 2.75) is 6.42 Å². The molecule has 1 rings (SSSR count). The van der Waals surface area contributed by atoms with E-state index in [9.17, 15) is 9.90 Å². The van der Waals surface area contributed by atoms with Crippen LogP contribution in [0.25, 0.3) is 0 Å². The first kappa shape index (κ1) is 10.4. The van der Waals surface area contributed by atoms with Crippen molar-refractivity contribution in [2.24, 2.45) is 0 Å². The summed E-state index contributed by atoms with van der Waals surface area (Å²) in [6.07, 6.45) is -0.127. The Kier molecular flexibility index (Phi) is 3.79. The molecule has 4 nitrogen and oxygen atoms in total. The fraction of sp³-hybridized carbons (Fsp3) is 0.300. The van der Waals surface area contributed by atoms with Crippen molar-refractivity contribution in [3.8, 4) is 11.5 Å². The van der Waals surface area contributed by atoms with E-state index in [1.54, 1.807) is 18.2 Å². The van der Waals surface area contributed by atoms with Crippen LogP contribution in [0.3, 0.4) is 0 Å². The summed E-state index contributed by atoms with van der Waals surface area (Å²) < 4.78 is 10.2. The first-order valence-corrected chi connectivity index (χ1v) is 4.19. The summed E-state index contributed by atoms with van der Waals surface area (Å²) in [6, 6.07) is 7.06. The molecule has 1 aromatic carbocycles. The van der Waals surface area contributed by atoms with Gasteiger partial charge in [0.25, 0.3) is 0 Å². The molecule has 0 aliphatic heterocycles. The number of ether oxygens (including phenoxy) is 2. The minimum atomic E-state index is -1.13. The molecule has 0 saturated heterocycles. The fourth-order valence-electron chi connectivity index (χ4n) is 0.982. The molecule has 0 aliphatic carbocycles. The summed E-state index contributed by atoms with van der Waals surface area (Å²) in [5, 5.41) is 10.1. The van der Waals surface area contributed by atoms with Gasteiger partial charge in [-0.2, -0.15) is 0 Å². The first-order valence-electron chi connectivity index (χ1n) is 4.19. The van der Waals surface area contributed by atoms with E-state index in [1.807, 2.05) is 6.07 Å². The zero-order chi connectivity index (χ0) is 10.4. The van der Waals surface area contributed by atoms with Gasteiger partial charge in [0, 0.05) is 12.4 Å². The van der Waals surface area contributed by atoms with E-state index < -0.39 is 5.97 Å². The predicted octanol–water partition coefficient (Wildman–Crippen LogP) is 0.214. The van der Waals surface area contributed by atoms with Gasteiger partial charge in [-0.3, -0.25) is 0 Å². The second-order valence-electron chi connectivity index (χ2n) is 2.62. The Labute approximate surface area is 82.1 Å². The molecule has 0 aliphatic rings. The molecule has 1 aromatic rings. The van der Waals surface area contributed by atoms with Crippen LogP contribution in [0.2, 0.25) is 0 Å². The second kappa shape index (κ2) is 5.11. The van der Waals surface area contributed by atoms with Crippen molar-refractivity contribution < 1.29 is 19.4 Å². The zero-order valence-electron chi connectivity index (χ0n) is 7.86. The number of methoxy groups -OCH3 is 1. The minimum Gasteiger partial charge on any atom is -0.550 e. The molecule has 0 heterocycles. The Balaban J connectivity index is 2.53. The first-order chi connectivity index (χ1) is 6.74. The maximum Gasteiger partial charge on any atom is 0.161 e. The summed E-state index contributed by atoms with van der Waals surface area (Å²) >= 11 is 0. The van der Waals surface area contributed by atoms with Crippen LogP contribution in [0.15, 0.2) is 24.3 Å². The average Bonchev–Trinajstić information content (AvgIpc) is 2.18. The van der Waals surface area contributed by atoms with Crippen LogP contribution in [0.4, 0.5) is 0 Å². The van der Waals surface area contributed by atoms with Crippen LogP contribution >= 0.6 is 0 Å². The van der Waals surface area contributed by atoms with Gasteiger partial charge in [-0.25, -0.2) is 0 Å². The molecule has 0 atom stereocenters. The number of carbonyl (C=O) groups excluding carboxylic acids is 1. The largest absolute Gasteiger partial charge is 0.550 e. The normalized spacial score (nSPS) is 9.50. The van der Waals surface area contributed by atoms with Crippen LogP contribution < -0.4 is 14.6 Å². The number of benzene rings is 1. The molecule has 0 amide bonds. The van der Waals surface area contributed by atoms with Crippen molar-refractivity contribution >= 4 is 5.97 Å². The lowest BCUT2D eigenvalue weighted by atomic mass is 10.3. The van der Waals surface area contributed by atoms with Gasteiger partial charge in [-0.1, -0.05) is 12.1 Å². The van der Waals surface area contributed by atoms with Crippen LogP contribution in [0.1, 0.15) is 6.42 Å². The zero-order valence-corrected chi connectivity index (χ0v) is 7.86. The van der Waals surface area contributed by atoms with Gasteiger partial charge in [0.1, 0.15) is 0 Å². The number of para-hydroxylation sites is 2. The third-order valence-electron chi connectivity index (χ3n) is 1.63. The summed E-state index contributed by atoms with van der Waals surface area (Å²) in [4.78, 5) is 10.1. The van der Waals surface area contributed by atoms with Crippen LogP contribution in [-0.4, -0.2) is 19.7 Å². The number of carboxylic acid groups (broad SMARTS) is 1. The Morgan fingerprint density at radius 2 is 2.00 bits per heavy atom. The van der Waals surface area contributed by atoms with Gasteiger partial charge in [-0.05, 0) is 12.1 Å². The number of hydrogen-bond donors (Lipinski definition) is 0. The topological polar surface area (TPSA) is 58.6 Å². The van der Waals surface area contributed by atoms with Crippen molar-refractivity contribution in [3.05, 3.63) is 24.3 Å². The molecule has 0 fully saturated rings. The number of rotatable bonds is 5. The molecule has 0 saturated carbocycles. The fourth-order valence-corrected chi connectivity index (χ4v) is 0.982. The molecule has 14 heavy (non-hydrogen) atoms. The molecular weight excluding hydrogens is 184 g/mol. The van der Waals surface area contributed by atoms with Crippen molar-refractivity contribution in [1.82, 2.24) is 0 Å². The van der Waals surface area contributed by atoms with Crippen LogP contribution in [-0.2, 0) is 4.79 Å². The van der Waals surface area contributed by atoms with E-state index in [0.29, 0.717) is 11.5 Å². The maximum absolute atomic E-state index is 10.1. The Hall–Kier alpha value is -1.71. The van der Waals surface area contributed by atoms with Crippen LogP contribution in [0.5, 0.6) is 11.5 Å². The van der Waals surface area contributed by atoms with E-state index in [0.717, 1.165) is 0 Å². The van der Waals surface area contributed by atoms with Gasteiger partial charge in [0.05, 0.1) is 13.7 Å². The van der Waals surface area contributed by atoms with Gasteiger partial charge in [-0.15, -0.1) is 0 Å². The quantitative estimate of drug-likeness (QED) is 0.674. The average molecular weight is 195 g/mol. The van der Waals surface area contributed by atoms with E-state index in [2.05, 4.69) is 0 Å². The molecule has 4 heteroatoms. The molecule has 0 radical (unpaired) electrons. The third kappa shape index (κ3) is 2.97. The summed E-state index contributed by atoms with van der Waals surface area (Å²) in [7, 11) is 1.53. The highest BCUT2D eigenvalue weighted by atomic mass is 16.5. The van der Waals surface area contributed by atoms with Gasteiger partial charge in [0.2, 0.25) is 0 Å². The minimum absolute atomic E-state index is 0.0860. The molecule has 76 valence electrons. The molecule has 0 aromatic heterocycles. The monoisotopic (exact) mass is 195 g/mol. The number of carboxylic acids is 1. The summed E-state index contributed by atoms with van der Waals surface area (Å²) in [6.45, 7) is 0.0860. The van der Waals surface area contributed by atoms with Gasteiger partial charge < -0.3 is 19.4 Å². The number of aliphatic carboxylic acids is 1. The van der Waals surface area contributed by atoms with Crippen molar-refractivity contribution in [3.63, 3.8) is 0 Å². The smallest absolute Gasteiger partial charge is 0.161 e.